The lowest BCUT2D eigenvalue weighted by Crippen LogP contribution is -2.47. The SMILES string of the molecule is CC(C)(C)OC(=O)N1CCC(N/C2=C/C=NC(Cl)C#CC2C(=N)Br)CC1. The molecule has 26 heavy (non-hydrogen) atoms. The molecule has 1 fully saturated rings. The van der Waals surface area contributed by atoms with Gasteiger partial charge in [0.2, 0.25) is 0 Å². The third kappa shape index (κ3) is 6.33. The summed E-state index contributed by atoms with van der Waals surface area (Å²) in [6.45, 7) is 6.84. The average molecular weight is 444 g/mol. The van der Waals surface area contributed by atoms with Gasteiger partial charge in [-0.1, -0.05) is 23.4 Å². The topological polar surface area (TPSA) is 77.8 Å². The molecule has 2 rings (SSSR count). The van der Waals surface area contributed by atoms with Crippen molar-refractivity contribution in [2.75, 3.05) is 13.1 Å². The Morgan fingerprint density at radius 3 is 2.65 bits per heavy atom. The number of halogens is 2. The Balaban J connectivity index is 1.96. The number of allylic oxidation sites excluding steroid dienone is 2. The van der Waals surface area contributed by atoms with Crippen LogP contribution in [-0.2, 0) is 4.74 Å². The van der Waals surface area contributed by atoms with Crippen molar-refractivity contribution >= 4 is 44.5 Å². The zero-order valence-corrected chi connectivity index (χ0v) is 17.5. The van der Waals surface area contributed by atoms with Crippen LogP contribution in [0.5, 0.6) is 0 Å². The first-order valence-corrected chi connectivity index (χ1v) is 9.75. The molecule has 0 bridgehead atoms. The molecule has 1 amide bonds. The summed E-state index contributed by atoms with van der Waals surface area (Å²) in [7, 11) is 0. The predicted octanol–water partition coefficient (Wildman–Crippen LogP) is 3.50. The molecule has 1 saturated heterocycles. The van der Waals surface area contributed by atoms with E-state index in [9.17, 15) is 4.79 Å². The van der Waals surface area contributed by atoms with E-state index in [0.29, 0.717) is 13.1 Å². The molecule has 0 aromatic rings. The van der Waals surface area contributed by atoms with E-state index in [1.54, 1.807) is 11.1 Å². The Labute approximate surface area is 168 Å². The number of hydrogen-bond acceptors (Lipinski definition) is 5. The molecule has 2 aliphatic heterocycles. The molecule has 2 heterocycles. The number of nitrogens with one attached hydrogen (secondary N) is 2. The highest BCUT2D eigenvalue weighted by Crippen LogP contribution is 2.20. The van der Waals surface area contributed by atoms with Gasteiger partial charge in [0.1, 0.15) is 11.5 Å². The molecule has 6 nitrogen and oxygen atoms in total. The third-order valence-electron chi connectivity index (χ3n) is 3.90. The van der Waals surface area contributed by atoms with Crippen molar-refractivity contribution in [3.63, 3.8) is 0 Å². The van der Waals surface area contributed by atoms with Gasteiger partial charge in [-0.3, -0.25) is 10.4 Å². The number of ether oxygens (including phenoxy) is 1. The number of likely N-dealkylation sites (tertiary alicyclic amines) is 1. The van der Waals surface area contributed by atoms with Gasteiger partial charge in [0, 0.05) is 31.0 Å². The van der Waals surface area contributed by atoms with Crippen molar-refractivity contribution in [1.29, 1.82) is 5.41 Å². The number of carbonyl (C=O) groups excluding carboxylic acids is 1. The van der Waals surface area contributed by atoms with Crippen LogP contribution >= 0.6 is 27.5 Å². The van der Waals surface area contributed by atoms with Crippen LogP contribution in [0.1, 0.15) is 33.6 Å². The molecule has 0 saturated carbocycles. The number of hydrogen-bond donors (Lipinski definition) is 2. The van der Waals surface area contributed by atoms with Crippen molar-refractivity contribution in [3.8, 4) is 11.8 Å². The molecule has 2 aliphatic rings. The number of alkyl halides is 1. The second kappa shape index (κ2) is 8.92. The Kier molecular flexibility index (Phi) is 7.13. The van der Waals surface area contributed by atoms with Gasteiger partial charge in [0.05, 0.1) is 4.62 Å². The molecule has 2 unspecified atom stereocenters. The van der Waals surface area contributed by atoms with Crippen molar-refractivity contribution in [2.45, 2.75) is 50.8 Å². The highest BCUT2D eigenvalue weighted by Gasteiger charge is 2.28. The molecule has 0 spiro atoms. The molecule has 142 valence electrons. The first kappa shape index (κ1) is 20.8. The lowest BCUT2D eigenvalue weighted by atomic mass is 10.0. The van der Waals surface area contributed by atoms with Crippen LogP contribution in [0.3, 0.4) is 0 Å². The Bertz CT molecular complexity index is 667. The van der Waals surface area contributed by atoms with E-state index in [1.807, 2.05) is 26.8 Å². The van der Waals surface area contributed by atoms with Crippen molar-refractivity contribution in [2.24, 2.45) is 10.9 Å². The number of aliphatic imine (C=N–C) groups is 1. The molecule has 0 aromatic carbocycles. The molecule has 0 aromatic heterocycles. The summed E-state index contributed by atoms with van der Waals surface area (Å²) >= 11 is 9.16. The van der Waals surface area contributed by atoms with Gasteiger partial charge >= 0.3 is 6.09 Å². The van der Waals surface area contributed by atoms with E-state index in [2.05, 4.69) is 38.1 Å². The lowest BCUT2D eigenvalue weighted by molar-refractivity contribution is 0.0200. The fourth-order valence-corrected chi connectivity index (χ4v) is 3.15. The Morgan fingerprint density at radius 1 is 1.42 bits per heavy atom. The summed E-state index contributed by atoms with van der Waals surface area (Å²) in [6.07, 6.45) is 4.74. The summed E-state index contributed by atoms with van der Waals surface area (Å²) in [4.78, 5) is 18.0. The maximum Gasteiger partial charge on any atom is 0.410 e. The number of rotatable bonds is 3. The van der Waals surface area contributed by atoms with E-state index in [0.717, 1.165) is 18.5 Å². The maximum absolute atomic E-state index is 12.2. The molecule has 2 atom stereocenters. The fourth-order valence-electron chi connectivity index (χ4n) is 2.66. The number of amides is 1. The molecular formula is C18H24BrClN4O2. The van der Waals surface area contributed by atoms with Gasteiger partial charge in [-0.2, -0.15) is 0 Å². The summed E-state index contributed by atoms with van der Waals surface area (Å²) < 4.78 is 5.70. The van der Waals surface area contributed by atoms with Crippen molar-refractivity contribution in [1.82, 2.24) is 10.2 Å². The first-order chi connectivity index (χ1) is 12.2. The minimum Gasteiger partial charge on any atom is -0.444 e. The van der Waals surface area contributed by atoms with E-state index < -0.39 is 17.0 Å². The van der Waals surface area contributed by atoms with E-state index >= 15 is 0 Å². The molecule has 2 N–H and O–H groups in total. The first-order valence-electron chi connectivity index (χ1n) is 8.52. The summed E-state index contributed by atoms with van der Waals surface area (Å²) in [6, 6.07) is 0.190. The average Bonchev–Trinajstić information content (AvgIpc) is 2.51. The van der Waals surface area contributed by atoms with Gasteiger partial charge in [0.25, 0.3) is 0 Å². The lowest BCUT2D eigenvalue weighted by Gasteiger charge is -2.35. The van der Waals surface area contributed by atoms with Gasteiger partial charge < -0.3 is 15.0 Å². The van der Waals surface area contributed by atoms with Gasteiger partial charge in [-0.25, -0.2) is 4.79 Å². The number of nitrogens with zero attached hydrogens (tertiary/aromatic N) is 2. The standard InChI is InChI=1S/C18H24BrClN4O2/c1-18(2,3)26-17(25)24-10-7-12(8-11-24)23-14-6-9-22-15(20)5-4-13(14)16(19)21/h6,9,12-13,15,21,23H,7-8,10-11H2,1-3H3/b14-6+,21-16?,22-9?. The summed E-state index contributed by atoms with van der Waals surface area (Å²) in [5, 5.41) is 11.4. The molecular weight excluding hydrogens is 420 g/mol. The van der Waals surface area contributed by atoms with Crippen LogP contribution < -0.4 is 5.32 Å². The zero-order chi connectivity index (χ0) is 19.3. The minimum absolute atomic E-state index is 0.190. The van der Waals surface area contributed by atoms with Crippen LogP contribution in [-0.4, -0.2) is 52.1 Å². The van der Waals surface area contributed by atoms with Crippen LogP contribution in [0.2, 0.25) is 0 Å². The second-order valence-electron chi connectivity index (χ2n) is 7.21. The smallest absolute Gasteiger partial charge is 0.410 e. The molecule has 0 aliphatic carbocycles. The largest absolute Gasteiger partial charge is 0.444 e. The summed E-state index contributed by atoms with van der Waals surface area (Å²) in [5.74, 6) is 5.41. The normalized spacial score (nSPS) is 25.9. The Hall–Kier alpha value is -1.52. The van der Waals surface area contributed by atoms with Crippen molar-refractivity contribution < 1.29 is 9.53 Å². The third-order valence-corrected chi connectivity index (χ3v) is 4.58. The fraction of sp³-hybridized carbons (Fsp3) is 0.611. The minimum atomic E-state index is -0.598. The van der Waals surface area contributed by atoms with E-state index in [1.165, 1.54) is 0 Å². The zero-order valence-electron chi connectivity index (χ0n) is 15.2. The van der Waals surface area contributed by atoms with Crippen LogP contribution in [0.15, 0.2) is 16.8 Å². The molecule has 8 heteroatoms. The second-order valence-corrected chi connectivity index (χ2v) is 8.48. The monoisotopic (exact) mass is 442 g/mol. The Morgan fingerprint density at radius 2 is 2.08 bits per heavy atom. The quantitative estimate of drug-likeness (QED) is 0.303. The molecule has 0 radical (unpaired) electrons. The van der Waals surface area contributed by atoms with Gasteiger partial charge in [0.15, 0.2) is 5.50 Å². The van der Waals surface area contributed by atoms with Crippen LogP contribution in [0, 0.1) is 23.2 Å². The van der Waals surface area contributed by atoms with E-state index in [-0.39, 0.29) is 16.8 Å². The highest BCUT2D eigenvalue weighted by atomic mass is 79.9. The number of piperidine rings is 1. The highest BCUT2D eigenvalue weighted by molar-refractivity contribution is 9.18. The van der Waals surface area contributed by atoms with Gasteiger partial charge in [-0.15, -0.1) is 0 Å². The number of carbonyl (C=O) groups is 1. The van der Waals surface area contributed by atoms with E-state index in [4.69, 9.17) is 21.7 Å². The predicted molar refractivity (Wildman–Crippen MR) is 108 cm³/mol. The van der Waals surface area contributed by atoms with Crippen LogP contribution in [0.4, 0.5) is 4.79 Å². The maximum atomic E-state index is 12.2. The van der Waals surface area contributed by atoms with Crippen molar-refractivity contribution in [3.05, 3.63) is 11.8 Å². The van der Waals surface area contributed by atoms with Crippen LogP contribution in [0.25, 0.3) is 0 Å². The van der Waals surface area contributed by atoms with Gasteiger partial charge in [-0.05, 0) is 55.6 Å². The summed E-state index contributed by atoms with van der Waals surface area (Å²) in [5.41, 5.74) is -0.279.